The van der Waals surface area contributed by atoms with Crippen LogP contribution in [-0.4, -0.2) is 43.6 Å². The Kier molecular flexibility index (Phi) is 3.83. The molecule has 0 atom stereocenters. The summed E-state index contributed by atoms with van der Waals surface area (Å²) in [5, 5.41) is 5.23. The minimum atomic E-state index is 0.465. The van der Waals surface area contributed by atoms with E-state index in [4.69, 9.17) is 9.26 Å². The van der Waals surface area contributed by atoms with Crippen molar-refractivity contribution >= 4 is 10.9 Å². The quantitative estimate of drug-likeness (QED) is 0.596. The highest BCUT2D eigenvalue weighted by molar-refractivity contribution is 5.86. The molecule has 0 aliphatic carbocycles. The van der Waals surface area contributed by atoms with Crippen LogP contribution >= 0.6 is 0 Å². The molecule has 0 fully saturated rings. The zero-order valence-corrected chi connectivity index (χ0v) is 14.8. The molecule has 0 radical (unpaired) electrons. The molecule has 0 saturated heterocycles. The SMILES string of the molecule is COc1ccc2[nH]c3c(c2c1)CN(Cc1nc(-c2cnccn2)no1)CC3. The molecule has 8 heteroatoms. The first-order chi connectivity index (χ1) is 13.3. The van der Waals surface area contributed by atoms with Crippen molar-refractivity contribution in [1.82, 2.24) is 30.0 Å². The topological polar surface area (TPSA) is 93.0 Å². The van der Waals surface area contributed by atoms with E-state index >= 15 is 0 Å². The van der Waals surface area contributed by atoms with E-state index in [1.807, 2.05) is 6.07 Å². The molecule has 3 aromatic heterocycles. The van der Waals surface area contributed by atoms with Gasteiger partial charge in [-0.2, -0.15) is 4.98 Å². The molecule has 4 aromatic rings. The Bertz CT molecular complexity index is 1090. The third-order valence-electron chi connectivity index (χ3n) is 4.88. The van der Waals surface area contributed by atoms with Crippen molar-refractivity contribution in [2.75, 3.05) is 13.7 Å². The molecule has 0 bridgehead atoms. The van der Waals surface area contributed by atoms with E-state index in [0.29, 0.717) is 24.0 Å². The molecule has 136 valence electrons. The van der Waals surface area contributed by atoms with Gasteiger partial charge >= 0.3 is 0 Å². The number of hydrogen-bond donors (Lipinski definition) is 1. The number of fused-ring (bicyclic) bond motifs is 3. The Morgan fingerprint density at radius 1 is 1.30 bits per heavy atom. The average Bonchev–Trinajstić information content (AvgIpc) is 3.32. The Morgan fingerprint density at radius 3 is 3.11 bits per heavy atom. The standard InChI is InChI=1S/C19H18N6O2/c1-26-12-2-3-15-13(8-12)14-10-25(7-4-16(14)22-15)11-18-23-19(24-27-18)17-9-20-5-6-21-17/h2-3,5-6,8-9,22H,4,7,10-11H2,1H3. The highest BCUT2D eigenvalue weighted by atomic mass is 16.5. The molecule has 1 N–H and O–H groups in total. The number of aromatic amines is 1. The maximum Gasteiger partial charge on any atom is 0.241 e. The molecular formula is C19H18N6O2. The van der Waals surface area contributed by atoms with Crippen LogP contribution in [0.15, 0.2) is 41.3 Å². The van der Waals surface area contributed by atoms with Crippen LogP contribution in [0.25, 0.3) is 22.4 Å². The zero-order valence-electron chi connectivity index (χ0n) is 14.8. The monoisotopic (exact) mass is 362 g/mol. The number of methoxy groups -OCH3 is 1. The summed E-state index contributed by atoms with van der Waals surface area (Å²) >= 11 is 0. The smallest absolute Gasteiger partial charge is 0.241 e. The molecule has 0 amide bonds. The molecule has 0 saturated carbocycles. The van der Waals surface area contributed by atoms with E-state index in [-0.39, 0.29) is 0 Å². The zero-order chi connectivity index (χ0) is 18.2. The van der Waals surface area contributed by atoms with Crippen molar-refractivity contribution in [3.63, 3.8) is 0 Å². The highest BCUT2D eigenvalue weighted by Gasteiger charge is 2.23. The second-order valence-electron chi connectivity index (χ2n) is 6.56. The van der Waals surface area contributed by atoms with Crippen molar-refractivity contribution in [1.29, 1.82) is 0 Å². The van der Waals surface area contributed by atoms with Gasteiger partial charge in [0.15, 0.2) is 0 Å². The number of nitrogens with one attached hydrogen (secondary N) is 1. The Hall–Kier alpha value is -3.26. The van der Waals surface area contributed by atoms with E-state index in [0.717, 1.165) is 30.8 Å². The molecule has 1 aliphatic heterocycles. The highest BCUT2D eigenvalue weighted by Crippen LogP contribution is 2.31. The summed E-state index contributed by atoms with van der Waals surface area (Å²) < 4.78 is 10.8. The van der Waals surface area contributed by atoms with E-state index < -0.39 is 0 Å². The molecular weight excluding hydrogens is 344 g/mol. The van der Waals surface area contributed by atoms with Gasteiger partial charge in [-0.3, -0.25) is 9.88 Å². The summed E-state index contributed by atoms with van der Waals surface area (Å²) in [6.07, 6.45) is 5.81. The second kappa shape index (κ2) is 6.48. The lowest BCUT2D eigenvalue weighted by Crippen LogP contribution is -2.29. The van der Waals surface area contributed by atoms with Crippen LogP contribution in [0, 0.1) is 0 Å². The van der Waals surface area contributed by atoms with Gasteiger partial charge in [0.25, 0.3) is 0 Å². The minimum Gasteiger partial charge on any atom is -0.497 e. The second-order valence-corrected chi connectivity index (χ2v) is 6.56. The van der Waals surface area contributed by atoms with Crippen LogP contribution in [-0.2, 0) is 19.5 Å². The average molecular weight is 362 g/mol. The van der Waals surface area contributed by atoms with Crippen LogP contribution in [0.1, 0.15) is 17.1 Å². The Balaban J connectivity index is 1.37. The molecule has 27 heavy (non-hydrogen) atoms. The first-order valence-corrected chi connectivity index (χ1v) is 8.79. The van der Waals surface area contributed by atoms with Crippen LogP contribution in [0.5, 0.6) is 5.75 Å². The number of benzene rings is 1. The van der Waals surface area contributed by atoms with Crippen molar-refractivity contribution in [2.45, 2.75) is 19.5 Å². The summed E-state index contributed by atoms with van der Waals surface area (Å²) in [6, 6.07) is 6.14. The van der Waals surface area contributed by atoms with Gasteiger partial charge in [-0.15, -0.1) is 0 Å². The van der Waals surface area contributed by atoms with Gasteiger partial charge in [0.1, 0.15) is 11.4 Å². The molecule has 1 aliphatic rings. The van der Waals surface area contributed by atoms with E-state index in [2.05, 4.69) is 42.1 Å². The van der Waals surface area contributed by atoms with Gasteiger partial charge in [0, 0.05) is 48.5 Å². The third kappa shape index (κ3) is 2.93. The Morgan fingerprint density at radius 2 is 2.26 bits per heavy atom. The molecule has 4 heterocycles. The fraction of sp³-hybridized carbons (Fsp3) is 0.263. The first kappa shape index (κ1) is 16.0. The van der Waals surface area contributed by atoms with Crippen LogP contribution in [0.4, 0.5) is 0 Å². The van der Waals surface area contributed by atoms with E-state index in [1.54, 1.807) is 25.7 Å². The van der Waals surface area contributed by atoms with E-state index in [1.165, 1.54) is 16.6 Å². The summed E-state index contributed by atoms with van der Waals surface area (Å²) in [5.41, 5.74) is 4.35. The number of aromatic nitrogens is 5. The van der Waals surface area contributed by atoms with Crippen LogP contribution in [0.3, 0.4) is 0 Å². The lowest BCUT2D eigenvalue weighted by molar-refractivity contribution is 0.210. The number of rotatable bonds is 4. The molecule has 0 unspecified atom stereocenters. The number of hydrogen-bond acceptors (Lipinski definition) is 7. The Labute approximate surface area is 155 Å². The van der Waals surface area contributed by atoms with Gasteiger partial charge in [-0.1, -0.05) is 5.16 Å². The first-order valence-electron chi connectivity index (χ1n) is 8.79. The van der Waals surface area contributed by atoms with Gasteiger partial charge < -0.3 is 14.2 Å². The molecule has 5 rings (SSSR count). The summed E-state index contributed by atoms with van der Waals surface area (Å²) in [7, 11) is 1.69. The largest absolute Gasteiger partial charge is 0.497 e. The van der Waals surface area contributed by atoms with E-state index in [9.17, 15) is 0 Å². The van der Waals surface area contributed by atoms with Gasteiger partial charge in [-0.25, -0.2) is 4.98 Å². The molecule has 1 aromatic carbocycles. The molecule has 0 spiro atoms. The lowest BCUT2D eigenvalue weighted by atomic mass is 10.0. The summed E-state index contributed by atoms with van der Waals surface area (Å²) in [5.74, 6) is 1.91. The fourth-order valence-electron chi connectivity index (χ4n) is 3.54. The minimum absolute atomic E-state index is 0.465. The number of ether oxygens (including phenoxy) is 1. The predicted octanol–water partition coefficient (Wildman–Crippen LogP) is 2.57. The predicted molar refractivity (Wildman–Crippen MR) is 98.0 cm³/mol. The van der Waals surface area contributed by atoms with Crippen molar-refractivity contribution < 1.29 is 9.26 Å². The normalized spacial score (nSPS) is 14.4. The number of H-pyrrole nitrogens is 1. The van der Waals surface area contributed by atoms with Crippen molar-refractivity contribution in [3.8, 4) is 17.3 Å². The number of nitrogens with zero attached hydrogens (tertiary/aromatic N) is 5. The van der Waals surface area contributed by atoms with Gasteiger partial charge in [0.05, 0.1) is 19.9 Å². The van der Waals surface area contributed by atoms with Crippen molar-refractivity contribution in [2.24, 2.45) is 0 Å². The maximum absolute atomic E-state index is 5.42. The lowest BCUT2D eigenvalue weighted by Gasteiger charge is -2.25. The summed E-state index contributed by atoms with van der Waals surface area (Å²) in [6.45, 7) is 2.36. The maximum atomic E-state index is 5.42. The summed E-state index contributed by atoms with van der Waals surface area (Å²) in [4.78, 5) is 18.5. The third-order valence-corrected chi connectivity index (χ3v) is 4.88. The van der Waals surface area contributed by atoms with Crippen LogP contribution in [0.2, 0.25) is 0 Å². The van der Waals surface area contributed by atoms with Gasteiger partial charge in [0.2, 0.25) is 11.7 Å². The van der Waals surface area contributed by atoms with Crippen LogP contribution < -0.4 is 4.74 Å². The fourth-order valence-corrected chi connectivity index (χ4v) is 3.54. The van der Waals surface area contributed by atoms with Crippen molar-refractivity contribution in [3.05, 3.63) is 53.9 Å². The van der Waals surface area contributed by atoms with Gasteiger partial charge in [-0.05, 0) is 23.8 Å². The molecule has 8 nitrogen and oxygen atoms in total.